The summed E-state index contributed by atoms with van der Waals surface area (Å²) in [4.78, 5) is 12.3. The van der Waals surface area contributed by atoms with Crippen molar-refractivity contribution in [3.8, 4) is 11.1 Å². The average molecular weight is 380 g/mol. The van der Waals surface area contributed by atoms with Crippen molar-refractivity contribution in [3.05, 3.63) is 108 Å². The third-order valence-electron chi connectivity index (χ3n) is 5.25. The van der Waals surface area contributed by atoms with Gasteiger partial charge >= 0.3 is 0 Å². The second-order valence-corrected chi connectivity index (χ2v) is 7.33. The van der Waals surface area contributed by atoms with Crippen LogP contribution in [0.15, 0.2) is 97.1 Å². The molecule has 0 aliphatic rings. The van der Waals surface area contributed by atoms with Gasteiger partial charge in [0.2, 0.25) is 5.91 Å². The Morgan fingerprint density at radius 3 is 2.21 bits per heavy atom. The molecule has 0 bridgehead atoms. The summed E-state index contributed by atoms with van der Waals surface area (Å²) in [5.41, 5.74) is 4.74. The van der Waals surface area contributed by atoms with E-state index in [-0.39, 0.29) is 5.91 Å². The Kier molecular flexibility index (Phi) is 6.01. The van der Waals surface area contributed by atoms with E-state index < -0.39 is 0 Å². The minimum Gasteiger partial charge on any atom is -0.356 e. The zero-order valence-corrected chi connectivity index (χ0v) is 16.5. The molecule has 0 aliphatic heterocycles. The van der Waals surface area contributed by atoms with Gasteiger partial charge in [-0.3, -0.25) is 4.79 Å². The lowest BCUT2D eigenvalue weighted by Gasteiger charge is -2.08. The standard InChI is InChI=1S/C27H25NO/c29-27(20-21-15-17-23(18-16-21)22-8-2-1-3-9-22)28-19-7-13-25-12-6-11-24-10-4-5-14-26(24)25/h1-6,8-12,14-18H,7,13,19-20H2,(H,28,29). The summed E-state index contributed by atoms with van der Waals surface area (Å²) >= 11 is 0. The Labute approximate surface area is 172 Å². The number of hydrogen-bond acceptors (Lipinski definition) is 1. The lowest BCUT2D eigenvalue weighted by atomic mass is 10.0. The van der Waals surface area contributed by atoms with Gasteiger partial charge in [-0.15, -0.1) is 0 Å². The van der Waals surface area contributed by atoms with Crippen molar-refractivity contribution < 1.29 is 4.79 Å². The van der Waals surface area contributed by atoms with E-state index in [0.29, 0.717) is 13.0 Å². The maximum absolute atomic E-state index is 12.3. The van der Waals surface area contributed by atoms with Crippen LogP contribution in [0.3, 0.4) is 0 Å². The molecule has 0 radical (unpaired) electrons. The zero-order chi connectivity index (χ0) is 19.9. The highest BCUT2D eigenvalue weighted by Gasteiger charge is 2.05. The molecular weight excluding hydrogens is 354 g/mol. The summed E-state index contributed by atoms with van der Waals surface area (Å²) in [7, 11) is 0. The van der Waals surface area contributed by atoms with Crippen LogP contribution >= 0.6 is 0 Å². The number of benzene rings is 4. The molecule has 0 saturated heterocycles. The van der Waals surface area contributed by atoms with Crippen molar-refractivity contribution in [2.24, 2.45) is 0 Å². The topological polar surface area (TPSA) is 29.1 Å². The highest BCUT2D eigenvalue weighted by molar-refractivity contribution is 5.85. The number of fused-ring (bicyclic) bond motifs is 1. The van der Waals surface area contributed by atoms with Crippen LogP contribution in [-0.4, -0.2) is 12.5 Å². The quantitative estimate of drug-likeness (QED) is 0.404. The van der Waals surface area contributed by atoms with Crippen LogP contribution in [0.1, 0.15) is 17.5 Å². The maximum atomic E-state index is 12.3. The van der Waals surface area contributed by atoms with E-state index >= 15 is 0 Å². The number of carbonyl (C=O) groups is 1. The first kappa shape index (κ1) is 18.9. The Hall–Kier alpha value is -3.39. The molecule has 29 heavy (non-hydrogen) atoms. The number of hydrogen-bond donors (Lipinski definition) is 1. The lowest BCUT2D eigenvalue weighted by molar-refractivity contribution is -0.120. The smallest absolute Gasteiger partial charge is 0.224 e. The normalized spacial score (nSPS) is 10.8. The third kappa shape index (κ3) is 4.91. The van der Waals surface area contributed by atoms with Crippen LogP contribution in [0, 0.1) is 0 Å². The van der Waals surface area contributed by atoms with E-state index in [9.17, 15) is 4.79 Å². The van der Waals surface area contributed by atoms with Crippen LogP contribution < -0.4 is 5.32 Å². The van der Waals surface area contributed by atoms with Gasteiger partial charge in [-0.1, -0.05) is 97.1 Å². The molecule has 4 aromatic carbocycles. The Bertz CT molecular complexity index is 1080. The van der Waals surface area contributed by atoms with Gasteiger partial charge in [-0.25, -0.2) is 0 Å². The van der Waals surface area contributed by atoms with Gasteiger partial charge in [-0.2, -0.15) is 0 Å². The van der Waals surface area contributed by atoms with Crippen LogP contribution in [0.5, 0.6) is 0 Å². The summed E-state index contributed by atoms with van der Waals surface area (Å²) in [6.45, 7) is 0.699. The first-order valence-corrected chi connectivity index (χ1v) is 10.2. The van der Waals surface area contributed by atoms with Gasteiger partial charge < -0.3 is 5.32 Å². The third-order valence-corrected chi connectivity index (χ3v) is 5.25. The van der Waals surface area contributed by atoms with E-state index in [0.717, 1.165) is 18.4 Å². The summed E-state index contributed by atoms with van der Waals surface area (Å²) in [5, 5.41) is 5.63. The van der Waals surface area contributed by atoms with Crippen LogP contribution in [0.4, 0.5) is 0 Å². The fourth-order valence-electron chi connectivity index (χ4n) is 3.71. The molecule has 4 rings (SSSR count). The molecule has 2 nitrogen and oxygen atoms in total. The van der Waals surface area contributed by atoms with E-state index in [1.807, 2.05) is 30.3 Å². The van der Waals surface area contributed by atoms with Crippen molar-refractivity contribution in [3.63, 3.8) is 0 Å². The van der Waals surface area contributed by atoms with Gasteiger partial charge in [0.05, 0.1) is 6.42 Å². The minimum absolute atomic E-state index is 0.0791. The first-order chi connectivity index (χ1) is 14.3. The number of rotatable bonds is 7. The van der Waals surface area contributed by atoms with E-state index in [1.165, 1.54) is 27.5 Å². The van der Waals surface area contributed by atoms with Crippen molar-refractivity contribution in [2.75, 3.05) is 6.54 Å². The summed E-state index contributed by atoms with van der Waals surface area (Å²) in [6.07, 6.45) is 2.32. The Morgan fingerprint density at radius 1 is 0.690 bits per heavy atom. The summed E-state index contributed by atoms with van der Waals surface area (Å²) in [5.74, 6) is 0.0791. The average Bonchev–Trinajstić information content (AvgIpc) is 2.78. The molecule has 1 amide bonds. The molecule has 0 atom stereocenters. The second kappa shape index (κ2) is 9.20. The largest absolute Gasteiger partial charge is 0.356 e. The minimum atomic E-state index is 0.0791. The van der Waals surface area contributed by atoms with Crippen molar-refractivity contribution in [1.82, 2.24) is 5.32 Å². The predicted octanol–water partition coefficient (Wildman–Crippen LogP) is 5.80. The molecule has 0 saturated carbocycles. The number of amides is 1. The Balaban J connectivity index is 1.26. The zero-order valence-electron chi connectivity index (χ0n) is 16.5. The highest BCUT2D eigenvalue weighted by atomic mass is 16.1. The molecule has 0 fully saturated rings. The molecule has 0 aliphatic carbocycles. The van der Waals surface area contributed by atoms with Crippen molar-refractivity contribution in [1.29, 1.82) is 0 Å². The molecule has 0 aromatic heterocycles. The van der Waals surface area contributed by atoms with E-state index in [1.54, 1.807) is 0 Å². The number of nitrogens with one attached hydrogen (secondary N) is 1. The maximum Gasteiger partial charge on any atom is 0.224 e. The van der Waals surface area contributed by atoms with Crippen LogP contribution in [-0.2, 0) is 17.6 Å². The molecular formula is C27H25NO. The van der Waals surface area contributed by atoms with Crippen LogP contribution in [0.25, 0.3) is 21.9 Å². The predicted molar refractivity (Wildman–Crippen MR) is 121 cm³/mol. The molecule has 0 unspecified atom stereocenters. The SMILES string of the molecule is O=C(Cc1ccc(-c2ccccc2)cc1)NCCCc1cccc2ccccc12. The number of carbonyl (C=O) groups excluding carboxylic acids is 1. The summed E-state index contributed by atoms with van der Waals surface area (Å²) < 4.78 is 0. The van der Waals surface area contributed by atoms with Gasteiger partial charge in [0.25, 0.3) is 0 Å². The molecule has 0 spiro atoms. The lowest BCUT2D eigenvalue weighted by Crippen LogP contribution is -2.26. The van der Waals surface area contributed by atoms with Gasteiger partial charge in [0.15, 0.2) is 0 Å². The Morgan fingerprint density at radius 2 is 1.38 bits per heavy atom. The van der Waals surface area contributed by atoms with E-state index in [4.69, 9.17) is 0 Å². The van der Waals surface area contributed by atoms with Crippen molar-refractivity contribution in [2.45, 2.75) is 19.3 Å². The number of aryl methyl sites for hydroxylation is 1. The fraction of sp³-hybridized carbons (Fsp3) is 0.148. The summed E-state index contributed by atoms with van der Waals surface area (Å²) in [6, 6.07) is 33.4. The first-order valence-electron chi connectivity index (χ1n) is 10.2. The molecule has 144 valence electrons. The highest BCUT2D eigenvalue weighted by Crippen LogP contribution is 2.20. The van der Waals surface area contributed by atoms with Gasteiger partial charge in [0.1, 0.15) is 0 Å². The monoisotopic (exact) mass is 379 g/mol. The fourth-order valence-corrected chi connectivity index (χ4v) is 3.71. The molecule has 2 heteroatoms. The molecule has 1 N–H and O–H groups in total. The van der Waals surface area contributed by atoms with Crippen molar-refractivity contribution >= 4 is 16.7 Å². The molecule has 0 heterocycles. The second-order valence-electron chi connectivity index (χ2n) is 7.33. The van der Waals surface area contributed by atoms with Gasteiger partial charge in [-0.05, 0) is 45.9 Å². The molecule has 4 aromatic rings. The van der Waals surface area contributed by atoms with E-state index in [2.05, 4.69) is 72.0 Å². The van der Waals surface area contributed by atoms with Gasteiger partial charge in [0, 0.05) is 6.54 Å². The van der Waals surface area contributed by atoms with Crippen LogP contribution in [0.2, 0.25) is 0 Å².